The number of aromatic nitrogens is 4. The Hall–Kier alpha value is -1.38. The summed E-state index contributed by atoms with van der Waals surface area (Å²) in [5, 5.41) is 13.8. The van der Waals surface area contributed by atoms with Crippen LogP contribution in [0.15, 0.2) is 12.1 Å². The van der Waals surface area contributed by atoms with Crippen molar-refractivity contribution in [1.82, 2.24) is 20.6 Å². The smallest absolute Gasteiger partial charge is 0.204 e. The van der Waals surface area contributed by atoms with Crippen molar-refractivity contribution in [1.29, 1.82) is 0 Å². The Bertz CT molecular complexity index is 501. The lowest BCUT2D eigenvalue weighted by molar-refractivity contribution is 0.310. The Labute approximate surface area is 112 Å². The van der Waals surface area contributed by atoms with E-state index in [1.807, 2.05) is 19.1 Å². The second-order valence-electron chi connectivity index (χ2n) is 3.16. The fourth-order valence-corrected chi connectivity index (χ4v) is 2.26. The molecule has 1 N–H and O–H groups in total. The first-order chi connectivity index (χ1) is 8.26. The molecule has 0 spiro atoms. The van der Waals surface area contributed by atoms with Crippen LogP contribution in [-0.4, -0.2) is 34.3 Å². The van der Waals surface area contributed by atoms with Crippen molar-refractivity contribution < 1.29 is 9.47 Å². The maximum atomic E-state index is 5.53. The molecule has 7 heteroatoms. The number of hydrogen-bond donors (Lipinski definition) is 1. The van der Waals surface area contributed by atoms with Gasteiger partial charge in [-0.25, -0.2) is 0 Å². The van der Waals surface area contributed by atoms with Crippen LogP contribution < -0.4 is 9.47 Å². The quantitative estimate of drug-likeness (QED) is 0.856. The summed E-state index contributed by atoms with van der Waals surface area (Å²) in [6.07, 6.45) is 0. The Morgan fingerprint density at radius 2 is 2.24 bits per heavy atom. The first-order valence-electron chi connectivity index (χ1n) is 5.00. The predicted octanol–water partition coefficient (Wildman–Crippen LogP) is 1.88. The van der Waals surface area contributed by atoms with Crippen molar-refractivity contribution in [3.05, 3.63) is 15.7 Å². The number of nitrogens with zero attached hydrogens (tertiary/aromatic N) is 3. The summed E-state index contributed by atoms with van der Waals surface area (Å²) in [5.41, 5.74) is 0.840. The Morgan fingerprint density at radius 1 is 1.41 bits per heavy atom. The number of rotatable bonds is 4. The molecule has 1 heterocycles. The SMILES string of the molecule is CCOc1cc(-c2nn[nH]n2)cc(I)c1OC. The molecule has 0 atom stereocenters. The number of hydrogen-bond acceptors (Lipinski definition) is 5. The van der Waals surface area contributed by atoms with Gasteiger partial charge in [0.15, 0.2) is 11.5 Å². The van der Waals surface area contributed by atoms with Gasteiger partial charge in [-0.15, -0.1) is 10.2 Å². The van der Waals surface area contributed by atoms with E-state index in [2.05, 4.69) is 43.2 Å². The van der Waals surface area contributed by atoms with Crippen LogP contribution in [0.1, 0.15) is 6.92 Å². The molecule has 1 aromatic heterocycles. The topological polar surface area (TPSA) is 72.9 Å². The summed E-state index contributed by atoms with van der Waals surface area (Å²) in [4.78, 5) is 0. The van der Waals surface area contributed by atoms with Gasteiger partial charge in [0.1, 0.15) is 0 Å². The summed E-state index contributed by atoms with van der Waals surface area (Å²) in [6.45, 7) is 2.50. The maximum absolute atomic E-state index is 5.53. The number of benzene rings is 1. The van der Waals surface area contributed by atoms with E-state index in [9.17, 15) is 0 Å². The third kappa shape index (κ3) is 2.48. The largest absolute Gasteiger partial charge is 0.492 e. The summed E-state index contributed by atoms with van der Waals surface area (Å²) >= 11 is 2.19. The number of nitrogens with one attached hydrogen (secondary N) is 1. The third-order valence-electron chi connectivity index (χ3n) is 2.12. The van der Waals surface area contributed by atoms with Gasteiger partial charge in [0.2, 0.25) is 5.82 Å². The first kappa shape index (κ1) is 12.1. The van der Waals surface area contributed by atoms with Crippen molar-refractivity contribution in [3.63, 3.8) is 0 Å². The van der Waals surface area contributed by atoms with Gasteiger partial charge < -0.3 is 9.47 Å². The first-order valence-corrected chi connectivity index (χ1v) is 6.08. The fourth-order valence-electron chi connectivity index (χ4n) is 1.44. The number of H-pyrrole nitrogens is 1. The van der Waals surface area contributed by atoms with E-state index >= 15 is 0 Å². The molecule has 0 radical (unpaired) electrons. The van der Waals surface area contributed by atoms with Crippen LogP contribution in [-0.2, 0) is 0 Å². The molecular formula is C10H11IN4O2. The molecule has 0 aliphatic heterocycles. The standard InChI is InChI=1S/C10H11IN4O2/c1-3-17-8-5-6(10-12-14-15-13-10)4-7(11)9(8)16-2/h4-5H,3H2,1-2H3,(H,12,13,14,15). The highest BCUT2D eigenvalue weighted by Crippen LogP contribution is 2.36. The zero-order valence-electron chi connectivity index (χ0n) is 9.40. The molecular weight excluding hydrogens is 335 g/mol. The van der Waals surface area contributed by atoms with Crippen LogP contribution >= 0.6 is 22.6 Å². The zero-order chi connectivity index (χ0) is 12.3. The molecule has 0 bridgehead atoms. The molecule has 0 fully saturated rings. The van der Waals surface area contributed by atoms with Gasteiger partial charge in [-0.1, -0.05) is 0 Å². The molecule has 6 nitrogen and oxygen atoms in total. The second kappa shape index (κ2) is 5.30. The van der Waals surface area contributed by atoms with E-state index in [1.165, 1.54) is 0 Å². The van der Waals surface area contributed by atoms with Crippen LogP contribution in [0.3, 0.4) is 0 Å². The minimum Gasteiger partial charge on any atom is -0.492 e. The van der Waals surface area contributed by atoms with Gasteiger partial charge in [0.05, 0.1) is 17.3 Å². The normalized spacial score (nSPS) is 10.3. The maximum Gasteiger partial charge on any atom is 0.204 e. The van der Waals surface area contributed by atoms with Crippen LogP contribution in [0.4, 0.5) is 0 Å². The van der Waals surface area contributed by atoms with Crippen LogP contribution in [0, 0.1) is 3.57 Å². The number of methoxy groups -OCH3 is 1. The minimum absolute atomic E-state index is 0.534. The molecule has 0 amide bonds. The van der Waals surface area contributed by atoms with Gasteiger partial charge in [0.25, 0.3) is 0 Å². The minimum atomic E-state index is 0.534. The summed E-state index contributed by atoms with van der Waals surface area (Å²) in [7, 11) is 1.62. The van der Waals surface area contributed by atoms with Gasteiger partial charge in [-0.3, -0.25) is 0 Å². The molecule has 0 saturated carbocycles. The molecule has 0 aliphatic rings. The molecule has 17 heavy (non-hydrogen) atoms. The Kier molecular flexibility index (Phi) is 3.77. The second-order valence-corrected chi connectivity index (χ2v) is 4.32. The number of tetrazole rings is 1. The predicted molar refractivity (Wildman–Crippen MR) is 70.1 cm³/mol. The van der Waals surface area contributed by atoms with Crippen LogP contribution in [0.5, 0.6) is 11.5 Å². The molecule has 90 valence electrons. The highest BCUT2D eigenvalue weighted by molar-refractivity contribution is 14.1. The lowest BCUT2D eigenvalue weighted by Crippen LogP contribution is -1.98. The monoisotopic (exact) mass is 346 g/mol. The van der Waals surface area contributed by atoms with Gasteiger partial charge in [-0.05, 0) is 46.9 Å². The van der Waals surface area contributed by atoms with Gasteiger partial charge in [0, 0.05) is 5.56 Å². The summed E-state index contributed by atoms with van der Waals surface area (Å²) in [6, 6.07) is 3.77. The van der Waals surface area contributed by atoms with Gasteiger partial charge in [-0.2, -0.15) is 5.21 Å². The van der Waals surface area contributed by atoms with Gasteiger partial charge >= 0.3 is 0 Å². The van der Waals surface area contributed by atoms with Crippen molar-refractivity contribution in [3.8, 4) is 22.9 Å². The zero-order valence-corrected chi connectivity index (χ0v) is 11.6. The number of aromatic amines is 1. The number of ether oxygens (including phenoxy) is 2. The van der Waals surface area contributed by atoms with E-state index in [0.717, 1.165) is 14.9 Å². The Morgan fingerprint density at radius 3 is 2.82 bits per heavy atom. The van der Waals surface area contributed by atoms with Crippen LogP contribution in [0.2, 0.25) is 0 Å². The average Bonchev–Trinajstić information content (AvgIpc) is 2.82. The molecule has 2 rings (SSSR count). The third-order valence-corrected chi connectivity index (χ3v) is 2.92. The average molecular weight is 346 g/mol. The van der Waals surface area contributed by atoms with E-state index in [1.54, 1.807) is 7.11 Å². The molecule has 0 unspecified atom stereocenters. The van der Waals surface area contributed by atoms with E-state index < -0.39 is 0 Å². The van der Waals surface area contributed by atoms with Crippen molar-refractivity contribution >= 4 is 22.6 Å². The van der Waals surface area contributed by atoms with E-state index in [0.29, 0.717) is 18.2 Å². The molecule has 2 aromatic rings. The van der Waals surface area contributed by atoms with E-state index in [-0.39, 0.29) is 0 Å². The fraction of sp³-hybridized carbons (Fsp3) is 0.300. The highest BCUT2D eigenvalue weighted by atomic mass is 127. The lowest BCUT2D eigenvalue weighted by atomic mass is 10.2. The van der Waals surface area contributed by atoms with Crippen LogP contribution in [0.25, 0.3) is 11.4 Å². The molecule has 0 saturated heterocycles. The summed E-state index contributed by atoms with van der Waals surface area (Å²) < 4.78 is 11.8. The molecule has 1 aromatic carbocycles. The van der Waals surface area contributed by atoms with Crippen molar-refractivity contribution in [2.75, 3.05) is 13.7 Å². The van der Waals surface area contributed by atoms with E-state index in [4.69, 9.17) is 9.47 Å². The molecule has 0 aliphatic carbocycles. The van der Waals surface area contributed by atoms with Crippen molar-refractivity contribution in [2.45, 2.75) is 6.92 Å². The Balaban J connectivity index is 2.50. The highest BCUT2D eigenvalue weighted by Gasteiger charge is 2.13. The van der Waals surface area contributed by atoms with Crippen molar-refractivity contribution in [2.24, 2.45) is 0 Å². The lowest BCUT2D eigenvalue weighted by Gasteiger charge is -2.11. The number of halogens is 1. The summed E-state index contributed by atoms with van der Waals surface area (Å²) in [5.74, 6) is 1.94.